The van der Waals surface area contributed by atoms with Gasteiger partial charge in [-0.05, 0) is 46.3 Å². The highest BCUT2D eigenvalue weighted by molar-refractivity contribution is 9.11. The third kappa shape index (κ3) is 3.65. The van der Waals surface area contributed by atoms with Gasteiger partial charge in [0.1, 0.15) is 5.75 Å². The van der Waals surface area contributed by atoms with E-state index in [1.807, 2.05) is 0 Å². The number of nitrogens with two attached hydrogens (primary N) is 1. The third-order valence-corrected chi connectivity index (χ3v) is 3.79. The van der Waals surface area contributed by atoms with Gasteiger partial charge >= 0.3 is 0 Å². The molecule has 0 aliphatic heterocycles. The zero-order valence-electron chi connectivity index (χ0n) is 10.7. The molecule has 0 heterocycles. The van der Waals surface area contributed by atoms with E-state index in [9.17, 15) is 15.0 Å². The van der Waals surface area contributed by atoms with Crippen LogP contribution < -0.4 is 5.73 Å². The molecule has 0 aromatic heterocycles. The first kappa shape index (κ1) is 15.6. The summed E-state index contributed by atoms with van der Waals surface area (Å²) in [5, 5.41) is 19.9. The lowest BCUT2D eigenvalue weighted by Gasteiger charge is -2.05. The van der Waals surface area contributed by atoms with Gasteiger partial charge in [0.15, 0.2) is 5.76 Å². The number of halogens is 2. The SMILES string of the molecule is Nc1cccc(C(=O)C(O)=Cc2cc(Br)cc(Br)c2O)c1. The van der Waals surface area contributed by atoms with E-state index < -0.39 is 11.5 Å². The molecule has 4 N–H and O–H groups in total. The number of phenolic OH excluding ortho intramolecular Hbond substituents is 1. The van der Waals surface area contributed by atoms with E-state index in [0.717, 1.165) is 0 Å². The van der Waals surface area contributed by atoms with E-state index in [0.29, 0.717) is 20.2 Å². The Morgan fingerprint density at radius 1 is 1.19 bits per heavy atom. The van der Waals surface area contributed by atoms with Gasteiger partial charge in [0, 0.05) is 21.3 Å². The molecule has 0 bridgehead atoms. The first-order valence-electron chi connectivity index (χ1n) is 5.87. The van der Waals surface area contributed by atoms with Crippen LogP contribution in [0.4, 0.5) is 5.69 Å². The van der Waals surface area contributed by atoms with Crippen molar-refractivity contribution in [1.82, 2.24) is 0 Å². The number of carbonyl (C=O) groups is 1. The number of benzene rings is 2. The van der Waals surface area contributed by atoms with Crippen LogP contribution in [0, 0.1) is 0 Å². The molecule has 2 rings (SSSR count). The number of nitrogen functional groups attached to an aromatic ring is 1. The first-order chi connectivity index (χ1) is 9.88. The number of Topliss-reactive ketones (excluding diaryl/α,β-unsaturated/α-hetero) is 1. The van der Waals surface area contributed by atoms with Gasteiger partial charge in [-0.3, -0.25) is 4.79 Å². The second-order valence-electron chi connectivity index (χ2n) is 4.31. The van der Waals surface area contributed by atoms with Gasteiger partial charge in [-0.25, -0.2) is 0 Å². The summed E-state index contributed by atoms with van der Waals surface area (Å²) in [6, 6.07) is 9.55. The van der Waals surface area contributed by atoms with Gasteiger partial charge in [-0.2, -0.15) is 0 Å². The smallest absolute Gasteiger partial charge is 0.227 e. The Balaban J connectivity index is 2.40. The summed E-state index contributed by atoms with van der Waals surface area (Å²) in [6.45, 7) is 0. The zero-order valence-corrected chi connectivity index (χ0v) is 13.8. The van der Waals surface area contributed by atoms with Gasteiger partial charge in [0.2, 0.25) is 5.78 Å². The summed E-state index contributed by atoms with van der Waals surface area (Å²) in [5.41, 5.74) is 6.63. The monoisotopic (exact) mass is 411 g/mol. The van der Waals surface area contributed by atoms with Crippen LogP contribution >= 0.6 is 31.9 Å². The van der Waals surface area contributed by atoms with Crippen molar-refractivity contribution in [1.29, 1.82) is 0 Å². The molecule has 6 heteroatoms. The number of aliphatic hydroxyl groups excluding tert-OH is 1. The Labute approximate surface area is 138 Å². The van der Waals surface area contributed by atoms with E-state index in [4.69, 9.17) is 5.73 Å². The number of hydrogen-bond donors (Lipinski definition) is 3. The maximum atomic E-state index is 12.1. The fourth-order valence-corrected chi connectivity index (χ4v) is 2.99. The summed E-state index contributed by atoms with van der Waals surface area (Å²) < 4.78 is 1.15. The lowest BCUT2D eigenvalue weighted by atomic mass is 10.1. The Morgan fingerprint density at radius 3 is 2.57 bits per heavy atom. The molecular weight excluding hydrogens is 402 g/mol. The second-order valence-corrected chi connectivity index (χ2v) is 6.08. The normalized spacial score (nSPS) is 11.4. The van der Waals surface area contributed by atoms with Crippen molar-refractivity contribution in [2.24, 2.45) is 0 Å². The van der Waals surface area contributed by atoms with Crippen molar-refractivity contribution in [3.8, 4) is 5.75 Å². The molecule has 2 aromatic carbocycles. The van der Waals surface area contributed by atoms with Crippen molar-refractivity contribution in [2.75, 3.05) is 5.73 Å². The molecule has 4 nitrogen and oxygen atoms in total. The van der Waals surface area contributed by atoms with Crippen LogP contribution in [0.1, 0.15) is 15.9 Å². The molecule has 0 radical (unpaired) electrons. The number of ketones is 1. The quantitative estimate of drug-likeness (QED) is 0.304. The summed E-state index contributed by atoms with van der Waals surface area (Å²) in [6.07, 6.45) is 1.20. The van der Waals surface area contributed by atoms with Crippen LogP contribution in [-0.4, -0.2) is 16.0 Å². The van der Waals surface area contributed by atoms with Crippen molar-refractivity contribution < 1.29 is 15.0 Å². The van der Waals surface area contributed by atoms with E-state index in [2.05, 4.69) is 31.9 Å². The molecule has 0 atom stereocenters. The molecule has 0 amide bonds. The maximum absolute atomic E-state index is 12.1. The standard InChI is InChI=1S/C15H11Br2NO3/c16-10-4-9(14(20)12(17)7-10)6-13(19)15(21)8-2-1-3-11(18)5-8/h1-7,19-20H,18H2. The van der Waals surface area contributed by atoms with E-state index in [-0.39, 0.29) is 11.3 Å². The average Bonchev–Trinajstić information content (AvgIpc) is 2.43. The maximum Gasteiger partial charge on any atom is 0.227 e. The second kappa shape index (κ2) is 6.32. The minimum Gasteiger partial charge on any atom is -0.506 e. The van der Waals surface area contributed by atoms with Crippen molar-refractivity contribution >= 4 is 49.4 Å². The number of phenols is 1. The van der Waals surface area contributed by atoms with Crippen molar-refractivity contribution in [2.45, 2.75) is 0 Å². The van der Waals surface area contributed by atoms with Crippen LogP contribution in [0.2, 0.25) is 0 Å². The zero-order chi connectivity index (χ0) is 15.6. The summed E-state index contributed by atoms with van der Waals surface area (Å²) in [4.78, 5) is 12.1. The van der Waals surface area contributed by atoms with E-state index >= 15 is 0 Å². The summed E-state index contributed by atoms with van der Waals surface area (Å²) in [7, 11) is 0. The fourth-order valence-electron chi connectivity index (χ4n) is 1.74. The Bertz CT molecular complexity index is 742. The summed E-state index contributed by atoms with van der Waals surface area (Å²) in [5.74, 6) is -1.12. The molecule has 0 saturated heterocycles. The molecule has 108 valence electrons. The molecule has 0 aliphatic rings. The molecular formula is C15H11Br2NO3. The Morgan fingerprint density at radius 2 is 1.90 bits per heavy atom. The molecule has 0 saturated carbocycles. The lowest BCUT2D eigenvalue weighted by molar-refractivity contribution is 0.0980. The van der Waals surface area contributed by atoms with Gasteiger partial charge in [-0.1, -0.05) is 28.1 Å². The predicted octanol–water partition coefficient (Wildman–Crippen LogP) is 4.28. The number of hydrogen-bond acceptors (Lipinski definition) is 4. The fraction of sp³-hybridized carbons (Fsp3) is 0. The number of carbonyl (C=O) groups excluding carboxylic acids is 1. The third-order valence-electron chi connectivity index (χ3n) is 2.73. The van der Waals surface area contributed by atoms with Crippen LogP contribution in [0.15, 0.2) is 51.1 Å². The largest absolute Gasteiger partial charge is 0.506 e. The highest BCUT2D eigenvalue weighted by atomic mass is 79.9. The van der Waals surface area contributed by atoms with Gasteiger partial charge in [0.05, 0.1) is 4.47 Å². The molecule has 0 aliphatic carbocycles. The first-order valence-corrected chi connectivity index (χ1v) is 7.46. The molecule has 0 fully saturated rings. The molecule has 0 unspecified atom stereocenters. The Hall–Kier alpha value is -1.79. The van der Waals surface area contributed by atoms with Crippen LogP contribution in [0.3, 0.4) is 0 Å². The van der Waals surface area contributed by atoms with Crippen LogP contribution in [0.5, 0.6) is 5.75 Å². The lowest BCUT2D eigenvalue weighted by Crippen LogP contribution is -2.03. The average molecular weight is 413 g/mol. The van der Waals surface area contributed by atoms with Crippen molar-refractivity contribution in [3.05, 3.63) is 62.2 Å². The number of anilines is 1. The molecule has 2 aromatic rings. The summed E-state index contributed by atoms with van der Waals surface area (Å²) >= 11 is 6.46. The predicted molar refractivity (Wildman–Crippen MR) is 89.3 cm³/mol. The number of aromatic hydroxyl groups is 1. The Kier molecular flexibility index (Phi) is 4.69. The number of aliphatic hydroxyl groups is 1. The van der Waals surface area contributed by atoms with Crippen LogP contribution in [0.25, 0.3) is 6.08 Å². The molecule has 21 heavy (non-hydrogen) atoms. The minimum absolute atomic E-state index is 0.0647. The topological polar surface area (TPSA) is 83.6 Å². The van der Waals surface area contributed by atoms with E-state index in [1.54, 1.807) is 30.3 Å². The number of rotatable bonds is 3. The van der Waals surface area contributed by atoms with Gasteiger partial charge in [-0.15, -0.1) is 0 Å². The minimum atomic E-state index is -0.571. The highest BCUT2D eigenvalue weighted by Gasteiger charge is 2.13. The molecule has 0 spiro atoms. The van der Waals surface area contributed by atoms with Crippen LogP contribution in [-0.2, 0) is 0 Å². The van der Waals surface area contributed by atoms with Crippen molar-refractivity contribution in [3.63, 3.8) is 0 Å². The highest BCUT2D eigenvalue weighted by Crippen LogP contribution is 2.33. The van der Waals surface area contributed by atoms with Gasteiger partial charge < -0.3 is 15.9 Å². The number of allylic oxidation sites excluding steroid dienone is 1. The van der Waals surface area contributed by atoms with E-state index in [1.165, 1.54) is 12.1 Å². The van der Waals surface area contributed by atoms with Gasteiger partial charge in [0.25, 0.3) is 0 Å².